The number of rotatable bonds is 9. The van der Waals surface area contributed by atoms with Gasteiger partial charge in [-0.3, -0.25) is 19.2 Å². The summed E-state index contributed by atoms with van der Waals surface area (Å²) >= 11 is 0. The Morgan fingerprint density at radius 1 is 0.853 bits per heavy atom. The number of ether oxygens (including phenoxy) is 6. The normalized spacial score (nSPS) is 39.2. The van der Waals surface area contributed by atoms with Crippen LogP contribution in [0.5, 0.6) is 0 Å². The van der Waals surface area contributed by atoms with Crippen molar-refractivity contribution in [3.8, 4) is 0 Å². The first kappa shape index (κ1) is 57.2. The van der Waals surface area contributed by atoms with E-state index in [9.17, 15) is 39.3 Å². The standard InChI is InChI=1S/C53H83NO14/c1-32-16-12-11-13-17-33(2)44(63-8)30-40-21-19-38(7)53(62,68-40)50(59)51(60)54-23-15-14-18-41(54)52(61)67-45(35(4)28-39-20-22-43(66-25-24-55)46(29-39)64-9)31-42(56)34(3)27-37(6)48(58)49(65-10)47(57)36(5)26-32/h11-13,16-17,27,32,34-36,38-41,43-46,48-49,55,58,62H,14-15,18-26,28-31H2,1-10H3/b13-11+,16-12+,33-17+,37-27+/t32-,34-,35-,36?,38?,39+,40+,41+,43-,44+,45+,46-,48-,49+,53-/m1/s1. The summed E-state index contributed by atoms with van der Waals surface area (Å²) in [6.07, 6.45) is 12.0. The largest absolute Gasteiger partial charge is 0.460 e. The summed E-state index contributed by atoms with van der Waals surface area (Å²) in [5.41, 5.74) is 1.26. The highest BCUT2D eigenvalue weighted by atomic mass is 16.6. The predicted octanol–water partition coefficient (Wildman–Crippen LogP) is 6.20. The molecule has 68 heavy (non-hydrogen) atoms. The maximum Gasteiger partial charge on any atom is 0.329 e. The Bertz CT molecular complexity index is 1810. The van der Waals surface area contributed by atoms with Gasteiger partial charge in [-0.1, -0.05) is 71.1 Å². The Kier molecular flexibility index (Phi) is 22.9. The van der Waals surface area contributed by atoms with E-state index in [-0.39, 0.29) is 74.1 Å². The summed E-state index contributed by atoms with van der Waals surface area (Å²) in [6, 6.07) is -1.14. The van der Waals surface area contributed by atoms with Crippen LogP contribution in [0, 0.1) is 35.5 Å². The van der Waals surface area contributed by atoms with Crippen molar-refractivity contribution in [1.82, 2.24) is 4.90 Å². The third-order valence-electron chi connectivity index (χ3n) is 14.9. The molecule has 3 aliphatic heterocycles. The van der Waals surface area contributed by atoms with E-state index in [4.69, 9.17) is 28.4 Å². The highest BCUT2D eigenvalue weighted by molar-refractivity contribution is 6.39. The van der Waals surface area contributed by atoms with Gasteiger partial charge in [-0.05, 0) is 107 Å². The number of fused-ring (bicyclic) bond motifs is 3. The van der Waals surface area contributed by atoms with Gasteiger partial charge in [0.15, 0.2) is 5.78 Å². The molecule has 1 aliphatic carbocycles. The second-order valence-electron chi connectivity index (χ2n) is 20.2. The summed E-state index contributed by atoms with van der Waals surface area (Å²) in [6.45, 7) is 12.9. The molecule has 2 saturated heterocycles. The first-order chi connectivity index (χ1) is 32.3. The number of hydrogen-bond acceptors (Lipinski definition) is 14. The van der Waals surface area contributed by atoms with Crippen molar-refractivity contribution in [1.29, 1.82) is 0 Å². The van der Waals surface area contributed by atoms with Crippen LogP contribution in [0.3, 0.4) is 0 Å². The summed E-state index contributed by atoms with van der Waals surface area (Å²) in [4.78, 5) is 72.1. The Labute approximate surface area is 405 Å². The zero-order valence-electron chi connectivity index (χ0n) is 42.4. The van der Waals surface area contributed by atoms with Gasteiger partial charge < -0.3 is 48.6 Å². The second kappa shape index (κ2) is 27.3. The first-order valence-electron chi connectivity index (χ1n) is 25.0. The van der Waals surface area contributed by atoms with E-state index < -0.39 is 77.8 Å². The molecule has 0 radical (unpaired) electrons. The molecule has 4 rings (SSSR count). The topological polar surface area (TPSA) is 205 Å². The van der Waals surface area contributed by atoms with Crippen LogP contribution >= 0.6 is 0 Å². The molecular weight excluding hydrogens is 875 g/mol. The van der Waals surface area contributed by atoms with Crippen LogP contribution in [0.2, 0.25) is 0 Å². The highest BCUT2D eigenvalue weighted by Gasteiger charge is 2.53. The van der Waals surface area contributed by atoms with Crippen LogP contribution in [0.15, 0.2) is 47.6 Å². The summed E-state index contributed by atoms with van der Waals surface area (Å²) in [7, 11) is 4.58. The average molecular weight is 958 g/mol. The Morgan fingerprint density at radius 2 is 1.59 bits per heavy atom. The SMILES string of the molecule is CO[C@H]1C[C@@H]2CCC(C)[C@@](O)(O2)C(=O)C(=O)N2CCCC[C@H]2C(=O)O[C@H]([C@H](C)C[C@@H]2CC[C@@H](OCCO)[C@H](OC)C2)CC(=O)[C@H](C)/C=C(\C)[C@@H](O)[C@@H](OC)C(=O)C(C)C[C@H](C)/C=C/C=C/C=C/1C. The van der Waals surface area contributed by atoms with Crippen LogP contribution < -0.4 is 0 Å². The number of aliphatic hydroxyl groups excluding tert-OH is 2. The minimum Gasteiger partial charge on any atom is -0.460 e. The molecular formula is C53H83NO14. The molecule has 0 aromatic carbocycles. The molecule has 3 fully saturated rings. The van der Waals surface area contributed by atoms with Crippen molar-refractivity contribution in [2.24, 2.45) is 35.5 Å². The van der Waals surface area contributed by atoms with Gasteiger partial charge in [0.1, 0.15) is 30.1 Å². The zero-order valence-corrected chi connectivity index (χ0v) is 42.4. The number of esters is 1. The van der Waals surface area contributed by atoms with Gasteiger partial charge in [-0.15, -0.1) is 0 Å². The molecule has 3 N–H and O–H groups in total. The van der Waals surface area contributed by atoms with Crippen molar-refractivity contribution < 1.29 is 67.7 Å². The van der Waals surface area contributed by atoms with Crippen molar-refractivity contribution in [2.75, 3.05) is 41.1 Å². The Balaban J connectivity index is 1.70. The lowest BCUT2D eigenvalue weighted by atomic mass is 9.78. The summed E-state index contributed by atoms with van der Waals surface area (Å²) in [5, 5.41) is 32.8. The van der Waals surface area contributed by atoms with Gasteiger partial charge in [0, 0.05) is 58.5 Å². The summed E-state index contributed by atoms with van der Waals surface area (Å²) in [5.74, 6) is -7.96. The number of hydrogen-bond donors (Lipinski definition) is 3. The molecule has 3 heterocycles. The number of nitrogens with zero attached hydrogens (tertiary/aromatic N) is 1. The van der Waals surface area contributed by atoms with Crippen molar-refractivity contribution in [2.45, 2.75) is 180 Å². The van der Waals surface area contributed by atoms with Crippen molar-refractivity contribution in [3.63, 3.8) is 0 Å². The highest BCUT2D eigenvalue weighted by Crippen LogP contribution is 2.38. The monoisotopic (exact) mass is 958 g/mol. The number of allylic oxidation sites excluding steroid dienone is 6. The Morgan fingerprint density at radius 3 is 2.26 bits per heavy atom. The van der Waals surface area contributed by atoms with E-state index in [1.54, 1.807) is 41.1 Å². The molecule has 15 heteroatoms. The molecule has 4 aliphatic rings. The lowest BCUT2D eigenvalue weighted by Crippen LogP contribution is -2.61. The molecule has 0 aromatic heterocycles. The van der Waals surface area contributed by atoms with Crippen molar-refractivity contribution >= 4 is 29.2 Å². The molecule has 2 unspecified atom stereocenters. The number of carbonyl (C=O) groups excluding carboxylic acids is 5. The third-order valence-corrected chi connectivity index (χ3v) is 14.9. The number of amides is 1. The number of piperidine rings is 1. The molecule has 1 amide bonds. The molecule has 384 valence electrons. The van der Waals surface area contributed by atoms with E-state index >= 15 is 0 Å². The van der Waals surface area contributed by atoms with Crippen molar-refractivity contribution in [3.05, 3.63) is 47.6 Å². The summed E-state index contributed by atoms with van der Waals surface area (Å²) < 4.78 is 35.6. The fourth-order valence-corrected chi connectivity index (χ4v) is 10.5. The third kappa shape index (κ3) is 15.3. The lowest BCUT2D eigenvalue weighted by molar-refractivity contribution is -0.265. The minimum absolute atomic E-state index is 0.0158. The van der Waals surface area contributed by atoms with Crippen LogP contribution in [0.1, 0.15) is 126 Å². The van der Waals surface area contributed by atoms with Gasteiger partial charge in [0.05, 0.1) is 37.6 Å². The number of ketones is 3. The minimum atomic E-state index is -2.43. The van der Waals surface area contributed by atoms with Crippen LogP contribution in [0.25, 0.3) is 0 Å². The van der Waals surface area contributed by atoms with E-state index in [0.29, 0.717) is 63.4 Å². The maximum absolute atomic E-state index is 14.5. The van der Waals surface area contributed by atoms with Crippen LogP contribution in [0.4, 0.5) is 0 Å². The van der Waals surface area contributed by atoms with Gasteiger partial charge in [-0.25, -0.2) is 4.79 Å². The quantitative estimate of drug-likeness (QED) is 0.134. The van der Waals surface area contributed by atoms with Gasteiger partial charge in [0.2, 0.25) is 5.79 Å². The fourth-order valence-electron chi connectivity index (χ4n) is 10.5. The number of cyclic esters (lactones) is 1. The molecule has 0 spiro atoms. The molecule has 1 saturated carbocycles. The van der Waals surface area contributed by atoms with Gasteiger partial charge in [-0.2, -0.15) is 0 Å². The Hall–Kier alpha value is -3.41. The molecule has 2 bridgehead atoms. The smallest absolute Gasteiger partial charge is 0.329 e. The maximum atomic E-state index is 14.5. The van der Waals surface area contributed by atoms with Crippen LogP contribution in [-0.2, 0) is 52.4 Å². The predicted molar refractivity (Wildman–Crippen MR) is 256 cm³/mol. The number of Topliss-reactive ketones (excluding diaryl/α,β-unsaturated/α-hetero) is 3. The zero-order chi connectivity index (χ0) is 50.3. The second-order valence-corrected chi connectivity index (χ2v) is 20.2. The van der Waals surface area contributed by atoms with E-state index in [1.165, 1.54) is 12.0 Å². The average Bonchev–Trinajstić information content (AvgIpc) is 3.32. The molecule has 0 aromatic rings. The number of aliphatic hydroxyl groups is 3. The molecule has 15 atom stereocenters. The first-order valence-corrected chi connectivity index (χ1v) is 25.0. The number of carbonyl (C=O) groups is 5. The fraction of sp³-hybridized carbons (Fsp3) is 0.755. The lowest BCUT2D eigenvalue weighted by Gasteiger charge is -2.42. The van der Waals surface area contributed by atoms with Crippen LogP contribution in [-0.4, -0.2) is 145 Å². The van der Waals surface area contributed by atoms with Gasteiger partial charge >= 0.3 is 5.97 Å². The van der Waals surface area contributed by atoms with E-state index in [2.05, 4.69) is 0 Å². The number of methoxy groups -OCH3 is 3. The van der Waals surface area contributed by atoms with E-state index in [1.807, 2.05) is 58.1 Å². The van der Waals surface area contributed by atoms with E-state index in [0.717, 1.165) is 12.0 Å². The molecule has 15 nitrogen and oxygen atoms in total. The van der Waals surface area contributed by atoms with Gasteiger partial charge in [0.25, 0.3) is 11.7 Å².